The molecule has 1 saturated heterocycles. The van der Waals surface area contributed by atoms with E-state index in [1.807, 2.05) is 44.2 Å². The molecule has 8 nitrogen and oxygen atoms in total. The van der Waals surface area contributed by atoms with E-state index in [0.717, 1.165) is 73.1 Å². The van der Waals surface area contributed by atoms with E-state index in [0.29, 0.717) is 18.1 Å². The Morgan fingerprint density at radius 2 is 1.77 bits per heavy atom. The highest BCUT2D eigenvalue weighted by molar-refractivity contribution is 5.82. The molecule has 1 aliphatic rings. The van der Waals surface area contributed by atoms with Gasteiger partial charge in [-0.1, -0.05) is 19.1 Å². The number of imidazole rings is 1. The van der Waals surface area contributed by atoms with Crippen LogP contribution in [0.15, 0.2) is 42.6 Å². The first-order chi connectivity index (χ1) is 18.9. The van der Waals surface area contributed by atoms with E-state index in [9.17, 15) is 4.39 Å². The Labute approximate surface area is 229 Å². The minimum absolute atomic E-state index is 0.237. The number of aryl methyl sites for hydroxylation is 1. The first kappa shape index (κ1) is 27.0. The van der Waals surface area contributed by atoms with Gasteiger partial charge in [0.1, 0.15) is 17.3 Å². The summed E-state index contributed by atoms with van der Waals surface area (Å²) in [5.41, 5.74) is 4.71. The van der Waals surface area contributed by atoms with Gasteiger partial charge in [-0.25, -0.2) is 19.3 Å². The Bertz CT molecular complexity index is 1440. The molecule has 3 heterocycles. The SMILES string of the molecule is CCOc1cc(Nc2ncc(F)c(-c3ccc4nc(C)n(C(C)C)c4c3)n2)ccc1CN1CCN(CC)CC1. The largest absolute Gasteiger partial charge is 0.493 e. The smallest absolute Gasteiger partial charge is 0.227 e. The van der Waals surface area contributed by atoms with Gasteiger partial charge in [-0.3, -0.25) is 4.90 Å². The molecule has 0 aliphatic carbocycles. The van der Waals surface area contributed by atoms with Crippen molar-refractivity contribution in [3.63, 3.8) is 0 Å². The number of hydrogen-bond donors (Lipinski definition) is 1. The van der Waals surface area contributed by atoms with Crippen LogP contribution in [0.4, 0.5) is 16.0 Å². The molecule has 5 rings (SSSR count). The van der Waals surface area contributed by atoms with E-state index in [4.69, 9.17) is 4.74 Å². The highest BCUT2D eigenvalue weighted by Gasteiger charge is 2.18. The van der Waals surface area contributed by atoms with Crippen LogP contribution in [0.5, 0.6) is 5.75 Å². The van der Waals surface area contributed by atoms with Crippen LogP contribution < -0.4 is 10.1 Å². The van der Waals surface area contributed by atoms with Crippen molar-refractivity contribution in [1.82, 2.24) is 29.3 Å². The van der Waals surface area contributed by atoms with Gasteiger partial charge in [0.25, 0.3) is 0 Å². The zero-order chi connectivity index (χ0) is 27.5. The van der Waals surface area contributed by atoms with E-state index in [2.05, 4.69) is 61.5 Å². The molecule has 0 spiro atoms. The molecule has 9 heteroatoms. The highest BCUT2D eigenvalue weighted by Crippen LogP contribution is 2.30. The van der Waals surface area contributed by atoms with E-state index in [-0.39, 0.29) is 11.7 Å². The first-order valence-electron chi connectivity index (χ1n) is 13.8. The van der Waals surface area contributed by atoms with Gasteiger partial charge in [-0.15, -0.1) is 0 Å². The fourth-order valence-corrected chi connectivity index (χ4v) is 5.33. The Kier molecular flexibility index (Phi) is 8.09. The predicted molar refractivity (Wildman–Crippen MR) is 154 cm³/mol. The van der Waals surface area contributed by atoms with Crippen molar-refractivity contribution in [2.75, 3.05) is 44.6 Å². The summed E-state index contributed by atoms with van der Waals surface area (Å²) in [6.45, 7) is 17.2. The van der Waals surface area contributed by atoms with Crippen LogP contribution >= 0.6 is 0 Å². The number of ether oxygens (including phenoxy) is 1. The summed E-state index contributed by atoms with van der Waals surface area (Å²) in [6.07, 6.45) is 1.22. The average molecular weight is 532 g/mol. The molecule has 1 fully saturated rings. The van der Waals surface area contributed by atoms with Crippen LogP contribution in [0.2, 0.25) is 0 Å². The standard InChI is InChI=1S/C30H38FN7O/c1-6-36-12-14-37(15-13-36)19-23-8-10-24(17-28(23)39-7-2)34-30-32-18-25(31)29(35-30)22-9-11-26-27(16-22)38(20(3)4)21(5)33-26/h8-11,16-18,20H,6-7,12-15,19H2,1-5H3,(H,32,34,35). The normalized spacial score (nSPS) is 14.8. The zero-order valence-corrected chi connectivity index (χ0v) is 23.5. The van der Waals surface area contributed by atoms with Gasteiger partial charge >= 0.3 is 0 Å². The lowest BCUT2D eigenvalue weighted by molar-refractivity contribution is 0.131. The fraction of sp³-hybridized carbons (Fsp3) is 0.433. The number of likely N-dealkylation sites (N-methyl/N-ethyl adjacent to an activating group) is 1. The van der Waals surface area contributed by atoms with Crippen molar-refractivity contribution in [2.45, 2.75) is 47.2 Å². The Hall–Kier alpha value is -3.56. The lowest BCUT2D eigenvalue weighted by Crippen LogP contribution is -2.45. The van der Waals surface area contributed by atoms with Crippen molar-refractivity contribution in [1.29, 1.82) is 0 Å². The monoisotopic (exact) mass is 531 g/mol. The number of anilines is 2. The Morgan fingerprint density at radius 3 is 2.49 bits per heavy atom. The van der Waals surface area contributed by atoms with Crippen LogP contribution in [-0.2, 0) is 6.54 Å². The van der Waals surface area contributed by atoms with Gasteiger partial charge in [0.05, 0.1) is 23.8 Å². The average Bonchev–Trinajstić information content (AvgIpc) is 3.27. The number of hydrogen-bond acceptors (Lipinski definition) is 7. The number of benzene rings is 2. The van der Waals surface area contributed by atoms with Crippen LogP contribution in [0, 0.1) is 12.7 Å². The molecular formula is C30H38FN7O. The van der Waals surface area contributed by atoms with Crippen molar-refractivity contribution in [3.05, 3.63) is 59.8 Å². The number of fused-ring (bicyclic) bond motifs is 1. The van der Waals surface area contributed by atoms with Crippen LogP contribution in [-0.4, -0.2) is 68.6 Å². The summed E-state index contributed by atoms with van der Waals surface area (Å²) in [4.78, 5) is 18.4. The number of aromatic nitrogens is 4. The molecule has 0 bridgehead atoms. The summed E-state index contributed by atoms with van der Waals surface area (Å²) in [7, 11) is 0. The molecule has 4 aromatic rings. The fourth-order valence-electron chi connectivity index (χ4n) is 5.33. The third-order valence-electron chi connectivity index (χ3n) is 7.33. The molecule has 39 heavy (non-hydrogen) atoms. The summed E-state index contributed by atoms with van der Waals surface area (Å²) < 4.78 is 23.1. The second kappa shape index (κ2) is 11.7. The van der Waals surface area contributed by atoms with Gasteiger partial charge in [0.2, 0.25) is 5.95 Å². The lowest BCUT2D eigenvalue weighted by atomic mass is 10.1. The van der Waals surface area contributed by atoms with Crippen LogP contribution in [0.25, 0.3) is 22.3 Å². The van der Waals surface area contributed by atoms with E-state index in [1.54, 1.807) is 0 Å². The minimum atomic E-state index is -0.472. The van der Waals surface area contributed by atoms with Gasteiger partial charge in [-0.05, 0) is 52.4 Å². The molecule has 2 aromatic carbocycles. The Balaban J connectivity index is 1.38. The summed E-state index contributed by atoms with van der Waals surface area (Å²) in [6, 6.07) is 12.0. The molecule has 206 valence electrons. The van der Waals surface area contributed by atoms with Gasteiger partial charge < -0.3 is 19.5 Å². The van der Waals surface area contributed by atoms with Crippen molar-refractivity contribution in [2.24, 2.45) is 0 Å². The third kappa shape index (κ3) is 5.89. The molecule has 0 radical (unpaired) electrons. The van der Waals surface area contributed by atoms with E-state index < -0.39 is 5.82 Å². The quantitative estimate of drug-likeness (QED) is 0.293. The lowest BCUT2D eigenvalue weighted by Gasteiger charge is -2.34. The Morgan fingerprint density at radius 1 is 1.00 bits per heavy atom. The maximum absolute atomic E-state index is 14.9. The number of piperazine rings is 1. The molecule has 0 amide bonds. The van der Waals surface area contributed by atoms with Gasteiger partial charge in [-0.2, -0.15) is 0 Å². The van der Waals surface area contributed by atoms with E-state index in [1.165, 1.54) is 6.20 Å². The third-order valence-corrected chi connectivity index (χ3v) is 7.33. The second-order valence-electron chi connectivity index (χ2n) is 10.3. The molecule has 2 aromatic heterocycles. The predicted octanol–water partition coefficient (Wildman–Crippen LogP) is 5.80. The summed E-state index contributed by atoms with van der Waals surface area (Å²) in [5, 5.41) is 3.25. The van der Waals surface area contributed by atoms with Crippen molar-refractivity contribution in [3.8, 4) is 17.0 Å². The maximum atomic E-state index is 14.9. The molecule has 1 aliphatic heterocycles. The first-order valence-corrected chi connectivity index (χ1v) is 13.8. The zero-order valence-electron chi connectivity index (χ0n) is 23.5. The van der Waals surface area contributed by atoms with Gasteiger partial charge in [0, 0.05) is 61.6 Å². The number of nitrogens with one attached hydrogen (secondary N) is 1. The molecular weight excluding hydrogens is 493 g/mol. The minimum Gasteiger partial charge on any atom is -0.493 e. The number of nitrogens with zero attached hydrogens (tertiary/aromatic N) is 6. The highest BCUT2D eigenvalue weighted by atomic mass is 19.1. The van der Waals surface area contributed by atoms with Crippen molar-refractivity contribution >= 4 is 22.7 Å². The molecule has 0 saturated carbocycles. The second-order valence-corrected chi connectivity index (χ2v) is 10.3. The molecule has 0 atom stereocenters. The van der Waals surface area contributed by atoms with Crippen LogP contribution in [0.3, 0.4) is 0 Å². The van der Waals surface area contributed by atoms with Gasteiger partial charge in [0.15, 0.2) is 5.82 Å². The summed E-state index contributed by atoms with van der Waals surface area (Å²) >= 11 is 0. The maximum Gasteiger partial charge on any atom is 0.227 e. The van der Waals surface area contributed by atoms with E-state index >= 15 is 0 Å². The van der Waals surface area contributed by atoms with Crippen molar-refractivity contribution < 1.29 is 9.13 Å². The number of rotatable bonds is 9. The molecule has 1 N–H and O–H groups in total. The molecule has 0 unspecified atom stereocenters. The van der Waals surface area contributed by atoms with Crippen LogP contribution in [0.1, 0.15) is 45.1 Å². The number of halogens is 1. The topological polar surface area (TPSA) is 71.3 Å². The summed E-state index contributed by atoms with van der Waals surface area (Å²) in [5.74, 6) is 1.62.